The molecule has 0 radical (unpaired) electrons. The Bertz CT molecular complexity index is 665. The van der Waals surface area contributed by atoms with E-state index in [1.807, 2.05) is 0 Å². The third-order valence-corrected chi connectivity index (χ3v) is 3.71. The first-order valence-electron chi connectivity index (χ1n) is 7.14. The maximum atomic E-state index is 10.3. The number of ether oxygens (including phenoxy) is 3. The van der Waals surface area contributed by atoms with Crippen molar-refractivity contribution in [1.82, 2.24) is 19.5 Å². The van der Waals surface area contributed by atoms with E-state index in [1.165, 1.54) is 17.2 Å². The Balaban J connectivity index is 1.76. The molecule has 4 atom stereocenters. The number of imidazole rings is 1. The number of fused-ring (bicyclic) bond motifs is 1. The molecule has 2 aromatic heterocycles. The van der Waals surface area contributed by atoms with Gasteiger partial charge >= 0.3 is 0 Å². The van der Waals surface area contributed by atoms with Crippen molar-refractivity contribution in [1.29, 1.82) is 0 Å². The van der Waals surface area contributed by atoms with E-state index in [2.05, 4.69) is 15.0 Å². The van der Waals surface area contributed by atoms with Gasteiger partial charge in [-0.15, -0.1) is 0 Å². The number of nitrogens with zero attached hydrogens (tertiary/aromatic N) is 4. The summed E-state index contributed by atoms with van der Waals surface area (Å²) in [5, 5.41) is 20.4. The summed E-state index contributed by atoms with van der Waals surface area (Å²) in [5.41, 5.74) is 6.58. The molecule has 10 nitrogen and oxygen atoms in total. The van der Waals surface area contributed by atoms with Crippen molar-refractivity contribution in [2.24, 2.45) is 0 Å². The standard InChI is InChI=1S/C13H19N5O5/c1-21-2-3-22-4-7-9(19)10(20)13(23-7)18-6-17-8-11(14)15-5-16-12(8)18/h5-7,9-10,13,19-20H,2-4H2,1H3,(H2,14,15,16)/t7-,9-,10-,13-/m1/s1. The summed E-state index contributed by atoms with van der Waals surface area (Å²) in [6, 6.07) is 0. The van der Waals surface area contributed by atoms with Crippen LogP contribution in [0.4, 0.5) is 5.82 Å². The molecule has 10 heteroatoms. The third kappa shape index (κ3) is 2.99. The molecule has 0 aliphatic carbocycles. The van der Waals surface area contributed by atoms with Gasteiger partial charge in [0.1, 0.15) is 30.2 Å². The second kappa shape index (κ2) is 6.72. The normalized spacial score (nSPS) is 27.8. The fraction of sp³-hybridized carbons (Fsp3) is 0.615. The lowest BCUT2D eigenvalue weighted by molar-refractivity contribution is -0.0697. The van der Waals surface area contributed by atoms with Crippen molar-refractivity contribution in [3.8, 4) is 0 Å². The summed E-state index contributed by atoms with van der Waals surface area (Å²) in [6.45, 7) is 0.959. The maximum Gasteiger partial charge on any atom is 0.167 e. The number of aliphatic hydroxyl groups excluding tert-OH is 2. The predicted octanol–water partition coefficient (Wildman–Crippen LogP) is -1.31. The number of methoxy groups -OCH3 is 1. The molecule has 23 heavy (non-hydrogen) atoms. The van der Waals surface area contributed by atoms with Crippen molar-refractivity contribution in [3.05, 3.63) is 12.7 Å². The summed E-state index contributed by atoms with van der Waals surface area (Å²) in [4.78, 5) is 12.1. The van der Waals surface area contributed by atoms with E-state index in [0.29, 0.717) is 24.4 Å². The molecule has 126 valence electrons. The highest BCUT2D eigenvalue weighted by molar-refractivity contribution is 5.81. The van der Waals surface area contributed by atoms with E-state index >= 15 is 0 Å². The molecule has 0 aromatic carbocycles. The van der Waals surface area contributed by atoms with Crippen molar-refractivity contribution < 1.29 is 24.4 Å². The van der Waals surface area contributed by atoms with Gasteiger partial charge in [-0.2, -0.15) is 0 Å². The molecule has 1 fully saturated rings. The number of hydrogen-bond donors (Lipinski definition) is 3. The van der Waals surface area contributed by atoms with E-state index in [0.717, 1.165) is 0 Å². The van der Waals surface area contributed by atoms with Crippen LogP contribution in [0.2, 0.25) is 0 Å². The zero-order valence-corrected chi connectivity index (χ0v) is 12.6. The second-order valence-electron chi connectivity index (χ2n) is 5.20. The number of aliphatic hydroxyl groups is 2. The Kier molecular flexibility index (Phi) is 4.68. The minimum absolute atomic E-state index is 0.141. The lowest BCUT2D eigenvalue weighted by atomic mass is 10.1. The van der Waals surface area contributed by atoms with Crippen LogP contribution in [0, 0.1) is 0 Å². The molecule has 0 spiro atoms. The highest BCUT2D eigenvalue weighted by Gasteiger charge is 2.44. The van der Waals surface area contributed by atoms with E-state index < -0.39 is 24.5 Å². The van der Waals surface area contributed by atoms with Crippen LogP contribution in [0.25, 0.3) is 11.2 Å². The smallest absolute Gasteiger partial charge is 0.167 e. The molecule has 1 aliphatic rings. The highest BCUT2D eigenvalue weighted by atomic mass is 16.6. The lowest BCUT2D eigenvalue weighted by Gasteiger charge is -2.16. The van der Waals surface area contributed by atoms with Gasteiger partial charge in [-0.3, -0.25) is 4.57 Å². The third-order valence-electron chi connectivity index (χ3n) is 3.71. The van der Waals surface area contributed by atoms with Crippen LogP contribution < -0.4 is 5.73 Å². The largest absolute Gasteiger partial charge is 0.387 e. The topological polar surface area (TPSA) is 138 Å². The van der Waals surface area contributed by atoms with Gasteiger partial charge in [0.15, 0.2) is 17.7 Å². The average molecular weight is 325 g/mol. The van der Waals surface area contributed by atoms with Crippen molar-refractivity contribution >= 4 is 17.0 Å². The van der Waals surface area contributed by atoms with Crippen LogP contribution in [0.5, 0.6) is 0 Å². The van der Waals surface area contributed by atoms with Crippen LogP contribution in [-0.4, -0.2) is 75.0 Å². The van der Waals surface area contributed by atoms with Gasteiger partial charge < -0.3 is 30.2 Å². The van der Waals surface area contributed by atoms with Crippen LogP contribution >= 0.6 is 0 Å². The molecule has 0 bridgehead atoms. The van der Waals surface area contributed by atoms with E-state index in [1.54, 1.807) is 7.11 Å². The SMILES string of the molecule is COCCOC[C@H]1O[C@@H](n2cnc3c(N)ncnc32)[C@H](O)[C@@H]1O. The predicted molar refractivity (Wildman–Crippen MR) is 78.4 cm³/mol. The molecule has 1 saturated heterocycles. The first-order chi connectivity index (χ1) is 11.1. The van der Waals surface area contributed by atoms with E-state index in [-0.39, 0.29) is 12.4 Å². The quantitative estimate of drug-likeness (QED) is 0.553. The minimum Gasteiger partial charge on any atom is -0.387 e. The Labute approximate surface area is 131 Å². The molecule has 0 unspecified atom stereocenters. The van der Waals surface area contributed by atoms with Gasteiger partial charge in [0, 0.05) is 7.11 Å². The molecule has 3 rings (SSSR count). The highest BCUT2D eigenvalue weighted by Crippen LogP contribution is 2.31. The maximum absolute atomic E-state index is 10.3. The number of nitrogen functional groups attached to an aromatic ring is 1. The first-order valence-corrected chi connectivity index (χ1v) is 7.14. The number of nitrogens with two attached hydrogens (primary N) is 1. The van der Waals surface area contributed by atoms with Crippen LogP contribution in [0.3, 0.4) is 0 Å². The van der Waals surface area contributed by atoms with E-state index in [4.69, 9.17) is 19.9 Å². The fourth-order valence-corrected chi connectivity index (χ4v) is 2.49. The summed E-state index contributed by atoms with van der Waals surface area (Å²) >= 11 is 0. The van der Waals surface area contributed by atoms with Gasteiger partial charge in [0.05, 0.1) is 26.1 Å². The van der Waals surface area contributed by atoms with Crippen LogP contribution in [0.15, 0.2) is 12.7 Å². The monoisotopic (exact) mass is 325 g/mol. The van der Waals surface area contributed by atoms with Crippen molar-refractivity contribution in [2.45, 2.75) is 24.5 Å². The average Bonchev–Trinajstić information content (AvgIpc) is 3.09. The number of hydrogen-bond acceptors (Lipinski definition) is 9. The van der Waals surface area contributed by atoms with Gasteiger partial charge in [-0.1, -0.05) is 0 Å². The van der Waals surface area contributed by atoms with Gasteiger partial charge in [0.2, 0.25) is 0 Å². The molecule has 4 N–H and O–H groups in total. The second-order valence-corrected chi connectivity index (χ2v) is 5.20. The number of rotatable bonds is 6. The van der Waals surface area contributed by atoms with E-state index in [9.17, 15) is 10.2 Å². The zero-order valence-electron chi connectivity index (χ0n) is 12.6. The van der Waals surface area contributed by atoms with Crippen LogP contribution in [0.1, 0.15) is 6.23 Å². The fourth-order valence-electron chi connectivity index (χ4n) is 2.49. The molecular weight excluding hydrogens is 306 g/mol. The van der Waals surface area contributed by atoms with Gasteiger partial charge in [-0.25, -0.2) is 15.0 Å². The molecule has 3 heterocycles. The molecule has 0 amide bonds. The Hall–Kier alpha value is -1.85. The Morgan fingerprint density at radius 2 is 2.09 bits per heavy atom. The Morgan fingerprint density at radius 3 is 2.87 bits per heavy atom. The lowest BCUT2D eigenvalue weighted by Crippen LogP contribution is -2.34. The molecule has 2 aromatic rings. The Morgan fingerprint density at radius 1 is 1.26 bits per heavy atom. The van der Waals surface area contributed by atoms with Crippen molar-refractivity contribution in [3.63, 3.8) is 0 Å². The summed E-state index contributed by atoms with van der Waals surface area (Å²) < 4.78 is 17.5. The summed E-state index contributed by atoms with van der Waals surface area (Å²) in [6.07, 6.45) is -0.966. The summed E-state index contributed by atoms with van der Waals surface area (Å²) in [7, 11) is 1.57. The zero-order chi connectivity index (χ0) is 16.4. The minimum atomic E-state index is -1.14. The molecule has 0 saturated carbocycles. The molecule has 1 aliphatic heterocycles. The van der Waals surface area contributed by atoms with Crippen molar-refractivity contribution in [2.75, 3.05) is 32.7 Å². The number of aromatic nitrogens is 4. The molecular formula is C13H19N5O5. The number of anilines is 1. The van der Waals surface area contributed by atoms with Gasteiger partial charge in [-0.05, 0) is 0 Å². The van der Waals surface area contributed by atoms with Gasteiger partial charge in [0.25, 0.3) is 0 Å². The summed E-state index contributed by atoms with van der Waals surface area (Å²) in [5.74, 6) is 0.237. The van der Waals surface area contributed by atoms with Crippen LogP contribution in [-0.2, 0) is 14.2 Å². The first kappa shape index (κ1) is 16.0.